The fraction of sp³-hybridized carbons (Fsp3) is 0.667. The molecule has 1 fully saturated rings. The lowest BCUT2D eigenvalue weighted by Gasteiger charge is -2.45. The van der Waals surface area contributed by atoms with Crippen molar-refractivity contribution in [2.75, 3.05) is 32.4 Å². The summed E-state index contributed by atoms with van der Waals surface area (Å²) >= 11 is 1.28. The van der Waals surface area contributed by atoms with Gasteiger partial charge in [0.1, 0.15) is 4.88 Å². The highest BCUT2D eigenvalue weighted by Gasteiger charge is 2.34. The Bertz CT molecular complexity index is 469. The molecule has 0 unspecified atom stereocenters. The molecule has 0 aromatic carbocycles. The average Bonchev–Trinajstić information content (AvgIpc) is 2.60. The number of hydrogen-bond donors (Lipinski definition) is 1. The molecular weight excluding hydrogens is 248 g/mol. The Kier molecular flexibility index (Phi) is 3.33. The molecule has 2 rings (SSSR count). The zero-order valence-corrected chi connectivity index (χ0v) is 12.2. The van der Waals surface area contributed by atoms with Crippen LogP contribution in [0.25, 0.3) is 0 Å². The van der Waals surface area contributed by atoms with E-state index in [1.54, 1.807) is 0 Å². The first kappa shape index (κ1) is 13.3. The molecule has 0 saturated carbocycles. The number of carbonyl (C=O) groups is 1. The summed E-state index contributed by atoms with van der Waals surface area (Å²) < 4.78 is 0. The number of hydrogen-bond acceptors (Lipinski definition) is 5. The maximum Gasteiger partial charge on any atom is 0.266 e. The van der Waals surface area contributed by atoms with Crippen LogP contribution in [0.15, 0.2) is 0 Å². The van der Waals surface area contributed by atoms with Crippen LogP contribution in [0.1, 0.15) is 29.2 Å². The second kappa shape index (κ2) is 4.51. The highest BCUT2D eigenvalue weighted by molar-refractivity contribution is 7.17. The summed E-state index contributed by atoms with van der Waals surface area (Å²) in [7, 11) is 2.09. The Labute approximate surface area is 112 Å². The maximum absolute atomic E-state index is 12.5. The zero-order valence-electron chi connectivity index (χ0n) is 11.4. The highest BCUT2D eigenvalue weighted by atomic mass is 32.1. The van der Waals surface area contributed by atoms with E-state index in [1.165, 1.54) is 11.3 Å². The third-order valence-corrected chi connectivity index (χ3v) is 4.59. The number of piperazine rings is 1. The number of likely N-dealkylation sites (N-methyl/N-ethyl adjacent to an activating group) is 1. The van der Waals surface area contributed by atoms with Crippen molar-refractivity contribution in [3.63, 3.8) is 0 Å². The molecule has 1 amide bonds. The van der Waals surface area contributed by atoms with Crippen molar-refractivity contribution in [2.45, 2.75) is 26.3 Å². The van der Waals surface area contributed by atoms with Gasteiger partial charge in [-0.1, -0.05) is 11.3 Å². The van der Waals surface area contributed by atoms with Crippen molar-refractivity contribution in [1.82, 2.24) is 14.8 Å². The van der Waals surface area contributed by atoms with Crippen LogP contribution >= 0.6 is 11.3 Å². The van der Waals surface area contributed by atoms with E-state index in [2.05, 4.69) is 30.8 Å². The lowest BCUT2D eigenvalue weighted by molar-refractivity contribution is 0.0314. The van der Waals surface area contributed by atoms with Gasteiger partial charge in [-0.25, -0.2) is 4.98 Å². The summed E-state index contributed by atoms with van der Waals surface area (Å²) in [5.74, 6) is 0.0582. The molecule has 2 heterocycles. The smallest absolute Gasteiger partial charge is 0.266 e. The third-order valence-electron chi connectivity index (χ3n) is 3.61. The molecule has 0 radical (unpaired) electrons. The fourth-order valence-corrected chi connectivity index (χ4v) is 2.97. The Hall–Kier alpha value is -1.14. The summed E-state index contributed by atoms with van der Waals surface area (Å²) in [6, 6.07) is 0. The first-order valence-electron chi connectivity index (χ1n) is 6.04. The lowest BCUT2D eigenvalue weighted by Crippen LogP contribution is -2.58. The number of nitrogens with zero attached hydrogens (tertiary/aromatic N) is 3. The predicted octanol–water partition coefficient (Wildman–Crippen LogP) is 1.20. The van der Waals surface area contributed by atoms with Gasteiger partial charge in [0.05, 0.1) is 5.69 Å². The average molecular weight is 268 g/mol. The van der Waals surface area contributed by atoms with Gasteiger partial charge in [-0.05, 0) is 27.8 Å². The van der Waals surface area contributed by atoms with E-state index in [0.717, 1.165) is 25.3 Å². The molecule has 1 aliphatic heterocycles. The van der Waals surface area contributed by atoms with Crippen LogP contribution in [0.3, 0.4) is 0 Å². The second-order valence-corrected chi connectivity index (χ2v) is 6.46. The summed E-state index contributed by atoms with van der Waals surface area (Å²) in [5, 5.41) is 0.462. The third kappa shape index (κ3) is 2.35. The van der Waals surface area contributed by atoms with Crippen molar-refractivity contribution in [3.05, 3.63) is 10.6 Å². The largest absolute Gasteiger partial charge is 0.375 e. The van der Waals surface area contributed by atoms with Gasteiger partial charge in [0.2, 0.25) is 0 Å². The summed E-state index contributed by atoms with van der Waals surface area (Å²) in [4.78, 5) is 21.4. The molecule has 6 heteroatoms. The first-order valence-corrected chi connectivity index (χ1v) is 6.86. The van der Waals surface area contributed by atoms with E-state index in [0.29, 0.717) is 10.0 Å². The number of aromatic nitrogens is 1. The summed E-state index contributed by atoms with van der Waals surface area (Å²) in [6.45, 7) is 8.53. The lowest BCUT2D eigenvalue weighted by atomic mass is 9.99. The van der Waals surface area contributed by atoms with Crippen LogP contribution < -0.4 is 5.73 Å². The van der Waals surface area contributed by atoms with Crippen molar-refractivity contribution < 1.29 is 4.79 Å². The maximum atomic E-state index is 12.5. The minimum atomic E-state index is 0.0120. The van der Waals surface area contributed by atoms with E-state index in [9.17, 15) is 4.79 Å². The topological polar surface area (TPSA) is 62.5 Å². The minimum Gasteiger partial charge on any atom is -0.375 e. The standard InChI is InChI=1S/C12H20N4OS/c1-8-9(18-11(13)14-8)10(17)16-6-5-15(4)12(2,3)7-16/h5-7H2,1-4H3,(H2,13,14). The normalized spacial score (nSPS) is 20.1. The van der Waals surface area contributed by atoms with Crippen molar-refractivity contribution >= 4 is 22.4 Å². The van der Waals surface area contributed by atoms with Gasteiger partial charge in [-0.3, -0.25) is 9.69 Å². The van der Waals surface area contributed by atoms with Crippen molar-refractivity contribution in [1.29, 1.82) is 0 Å². The van der Waals surface area contributed by atoms with E-state index in [-0.39, 0.29) is 11.4 Å². The molecule has 0 aliphatic carbocycles. The molecule has 1 aromatic heterocycles. The molecule has 1 saturated heterocycles. The highest BCUT2D eigenvalue weighted by Crippen LogP contribution is 2.25. The van der Waals surface area contributed by atoms with E-state index in [4.69, 9.17) is 5.73 Å². The van der Waals surface area contributed by atoms with Crippen LogP contribution in [-0.4, -0.2) is 52.9 Å². The van der Waals surface area contributed by atoms with Crippen molar-refractivity contribution in [3.8, 4) is 0 Å². The van der Waals surface area contributed by atoms with Gasteiger partial charge in [0.25, 0.3) is 5.91 Å². The van der Waals surface area contributed by atoms with Crippen LogP contribution in [-0.2, 0) is 0 Å². The molecule has 5 nitrogen and oxygen atoms in total. The second-order valence-electron chi connectivity index (χ2n) is 5.43. The van der Waals surface area contributed by atoms with Crippen LogP contribution in [0.5, 0.6) is 0 Å². The molecule has 2 N–H and O–H groups in total. The Morgan fingerprint density at radius 3 is 2.61 bits per heavy atom. The van der Waals surface area contributed by atoms with Crippen molar-refractivity contribution in [2.24, 2.45) is 0 Å². The molecular formula is C12H20N4OS. The van der Waals surface area contributed by atoms with E-state index in [1.807, 2.05) is 11.8 Å². The number of anilines is 1. The van der Waals surface area contributed by atoms with E-state index < -0.39 is 0 Å². The van der Waals surface area contributed by atoms with Gasteiger partial charge in [-0.15, -0.1) is 0 Å². The number of aryl methyl sites for hydroxylation is 1. The van der Waals surface area contributed by atoms with Crippen LogP contribution in [0, 0.1) is 6.92 Å². The molecule has 1 aliphatic rings. The number of thiazole rings is 1. The number of carbonyl (C=O) groups excluding carboxylic acids is 1. The quantitative estimate of drug-likeness (QED) is 0.831. The minimum absolute atomic E-state index is 0.0120. The monoisotopic (exact) mass is 268 g/mol. The molecule has 100 valence electrons. The van der Waals surface area contributed by atoms with Gasteiger partial charge in [-0.2, -0.15) is 0 Å². The van der Waals surface area contributed by atoms with E-state index >= 15 is 0 Å². The van der Waals surface area contributed by atoms with Gasteiger partial charge in [0.15, 0.2) is 5.13 Å². The van der Waals surface area contributed by atoms with Crippen LogP contribution in [0.2, 0.25) is 0 Å². The number of nitrogen functional groups attached to an aromatic ring is 1. The predicted molar refractivity (Wildman–Crippen MR) is 73.9 cm³/mol. The fourth-order valence-electron chi connectivity index (χ4n) is 2.17. The number of nitrogens with two attached hydrogens (primary N) is 1. The van der Waals surface area contributed by atoms with Crippen LogP contribution in [0.4, 0.5) is 5.13 Å². The molecule has 1 aromatic rings. The van der Waals surface area contributed by atoms with Gasteiger partial charge < -0.3 is 10.6 Å². The molecule has 0 spiro atoms. The molecule has 18 heavy (non-hydrogen) atoms. The Morgan fingerprint density at radius 1 is 1.44 bits per heavy atom. The molecule has 0 bridgehead atoms. The number of rotatable bonds is 1. The summed E-state index contributed by atoms with van der Waals surface area (Å²) in [6.07, 6.45) is 0. The first-order chi connectivity index (χ1) is 8.31. The summed E-state index contributed by atoms with van der Waals surface area (Å²) in [5.41, 5.74) is 6.40. The van der Waals surface area contributed by atoms with Gasteiger partial charge >= 0.3 is 0 Å². The zero-order chi connectivity index (χ0) is 13.5. The SMILES string of the molecule is Cc1nc(N)sc1C(=O)N1CCN(C)C(C)(C)C1. The Morgan fingerprint density at radius 2 is 2.11 bits per heavy atom. The molecule has 0 atom stereocenters. The Balaban J connectivity index is 2.18. The van der Waals surface area contributed by atoms with Gasteiger partial charge in [0, 0.05) is 25.2 Å². The number of amides is 1.